The molecule has 1 fully saturated rings. The maximum absolute atomic E-state index is 11.1. The molecule has 0 bridgehead atoms. The van der Waals surface area contributed by atoms with Crippen molar-refractivity contribution in [1.82, 2.24) is 5.43 Å². The molecule has 0 aromatic heterocycles. The van der Waals surface area contributed by atoms with Crippen LogP contribution in [0.4, 0.5) is 11.4 Å². The zero-order chi connectivity index (χ0) is 10.1. The van der Waals surface area contributed by atoms with E-state index in [1.807, 2.05) is 36.2 Å². The summed E-state index contributed by atoms with van der Waals surface area (Å²) in [5, 5.41) is 1.85. The summed E-state index contributed by atoms with van der Waals surface area (Å²) in [7, 11) is 0. The second-order valence-electron chi connectivity index (χ2n) is 3.55. The lowest BCUT2D eigenvalue weighted by atomic mass is 10.2. The molecule has 0 spiro atoms. The number of anilines is 2. The van der Waals surface area contributed by atoms with Gasteiger partial charge in [-0.15, -0.1) is 0 Å². The average Bonchev–Trinajstić information content (AvgIpc) is 2.45. The number of rotatable bonds is 1. The highest BCUT2D eigenvalue weighted by Gasteiger charge is 2.26. The third kappa shape index (κ3) is 1.51. The van der Waals surface area contributed by atoms with E-state index in [1.54, 1.807) is 0 Å². The summed E-state index contributed by atoms with van der Waals surface area (Å²) in [6, 6.07) is 7.67. The van der Waals surface area contributed by atoms with E-state index in [0.717, 1.165) is 5.69 Å². The summed E-state index contributed by atoms with van der Waals surface area (Å²) in [6.45, 7) is 2.00. The third-order valence-corrected chi connectivity index (χ3v) is 2.32. The van der Waals surface area contributed by atoms with E-state index in [0.29, 0.717) is 12.1 Å². The fourth-order valence-corrected chi connectivity index (χ4v) is 1.64. The molecule has 1 aromatic rings. The van der Waals surface area contributed by atoms with Gasteiger partial charge in [0.15, 0.2) is 0 Å². The van der Waals surface area contributed by atoms with Gasteiger partial charge in [0.2, 0.25) is 5.91 Å². The highest BCUT2D eigenvalue weighted by atomic mass is 16.2. The Balaban J connectivity index is 2.27. The molecule has 4 heteroatoms. The standard InChI is InChI=1S/C10H13N3O/c1-7-5-10(14)12-13(7)9-4-2-3-8(11)6-9/h2-4,6-7H,5,11H2,1H3,(H,12,14). The van der Waals surface area contributed by atoms with Gasteiger partial charge in [-0.3, -0.25) is 15.2 Å². The largest absolute Gasteiger partial charge is 0.399 e. The summed E-state index contributed by atoms with van der Waals surface area (Å²) in [6.07, 6.45) is 0.537. The van der Waals surface area contributed by atoms with Crippen molar-refractivity contribution in [3.05, 3.63) is 24.3 Å². The molecule has 3 N–H and O–H groups in total. The number of hydrogen-bond acceptors (Lipinski definition) is 3. The van der Waals surface area contributed by atoms with Crippen molar-refractivity contribution in [2.45, 2.75) is 19.4 Å². The maximum atomic E-state index is 11.1. The number of nitrogens with one attached hydrogen (secondary N) is 1. The summed E-state index contributed by atoms with van der Waals surface area (Å²) in [4.78, 5) is 11.1. The van der Waals surface area contributed by atoms with Crippen molar-refractivity contribution in [1.29, 1.82) is 0 Å². The molecule has 1 aliphatic rings. The van der Waals surface area contributed by atoms with Crippen molar-refractivity contribution in [3.63, 3.8) is 0 Å². The monoisotopic (exact) mass is 191 g/mol. The van der Waals surface area contributed by atoms with E-state index in [4.69, 9.17) is 5.73 Å². The molecule has 1 aliphatic heterocycles. The van der Waals surface area contributed by atoms with E-state index in [2.05, 4.69) is 5.43 Å². The van der Waals surface area contributed by atoms with Crippen LogP contribution in [0.2, 0.25) is 0 Å². The molecule has 1 amide bonds. The van der Waals surface area contributed by atoms with E-state index >= 15 is 0 Å². The molecular formula is C10H13N3O. The van der Waals surface area contributed by atoms with E-state index in [1.165, 1.54) is 0 Å². The zero-order valence-corrected chi connectivity index (χ0v) is 8.03. The van der Waals surface area contributed by atoms with Gasteiger partial charge in [0.25, 0.3) is 0 Å². The molecule has 14 heavy (non-hydrogen) atoms. The van der Waals surface area contributed by atoms with Crippen LogP contribution in [0.15, 0.2) is 24.3 Å². The molecule has 1 saturated heterocycles. The number of carbonyl (C=O) groups excluding carboxylic acids is 1. The van der Waals surface area contributed by atoms with Crippen LogP contribution >= 0.6 is 0 Å². The number of nitrogen functional groups attached to an aromatic ring is 1. The molecule has 74 valence electrons. The molecule has 4 nitrogen and oxygen atoms in total. The van der Waals surface area contributed by atoms with Crippen molar-refractivity contribution in [3.8, 4) is 0 Å². The first-order chi connectivity index (χ1) is 6.66. The Morgan fingerprint density at radius 2 is 2.36 bits per heavy atom. The van der Waals surface area contributed by atoms with Crippen molar-refractivity contribution >= 4 is 17.3 Å². The van der Waals surface area contributed by atoms with E-state index in [-0.39, 0.29) is 11.9 Å². The smallest absolute Gasteiger partial charge is 0.240 e. The quantitative estimate of drug-likeness (QED) is 0.648. The second-order valence-corrected chi connectivity index (χ2v) is 3.55. The minimum Gasteiger partial charge on any atom is -0.399 e. The number of amides is 1. The van der Waals surface area contributed by atoms with Crippen LogP contribution in [0.1, 0.15) is 13.3 Å². The predicted octanol–water partition coefficient (Wildman–Crippen LogP) is 0.899. The Hall–Kier alpha value is -1.71. The predicted molar refractivity (Wildman–Crippen MR) is 55.6 cm³/mol. The number of nitrogens with two attached hydrogens (primary N) is 1. The highest BCUT2D eigenvalue weighted by Crippen LogP contribution is 2.22. The fraction of sp³-hybridized carbons (Fsp3) is 0.300. The van der Waals surface area contributed by atoms with E-state index in [9.17, 15) is 4.79 Å². The van der Waals surface area contributed by atoms with Crippen molar-refractivity contribution < 1.29 is 4.79 Å². The third-order valence-electron chi connectivity index (χ3n) is 2.32. The first-order valence-electron chi connectivity index (χ1n) is 4.61. The van der Waals surface area contributed by atoms with Gasteiger partial charge in [-0.25, -0.2) is 0 Å². The van der Waals surface area contributed by atoms with Crippen LogP contribution in [0.3, 0.4) is 0 Å². The summed E-state index contributed by atoms with van der Waals surface area (Å²) >= 11 is 0. The lowest BCUT2D eigenvalue weighted by molar-refractivity contribution is -0.119. The minimum absolute atomic E-state index is 0.0555. The Kier molecular flexibility index (Phi) is 2.04. The lowest BCUT2D eigenvalue weighted by Crippen LogP contribution is -2.37. The number of hydrogen-bond donors (Lipinski definition) is 2. The van der Waals surface area contributed by atoms with Gasteiger partial charge in [0.05, 0.1) is 18.2 Å². The van der Waals surface area contributed by atoms with Crippen molar-refractivity contribution in [2.75, 3.05) is 10.7 Å². The topological polar surface area (TPSA) is 58.4 Å². The summed E-state index contributed by atoms with van der Waals surface area (Å²) in [5.41, 5.74) is 10.1. The van der Waals surface area contributed by atoms with Gasteiger partial charge in [-0.2, -0.15) is 0 Å². The lowest BCUT2D eigenvalue weighted by Gasteiger charge is -2.22. The van der Waals surface area contributed by atoms with Crippen molar-refractivity contribution in [2.24, 2.45) is 0 Å². The molecule has 1 heterocycles. The number of nitrogens with zero attached hydrogens (tertiary/aromatic N) is 1. The zero-order valence-electron chi connectivity index (χ0n) is 8.03. The van der Waals surface area contributed by atoms with Gasteiger partial charge in [-0.05, 0) is 25.1 Å². The summed E-state index contributed by atoms with van der Waals surface area (Å²) < 4.78 is 0. The number of hydrazine groups is 1. The first-order valence-corrected chi connectivity index (χ1v) is 4.61. The fourth-order valence-electron chi connectivity index (χ4n) is 1.64. The van der Waals surface area contributed by atoms with Gasteiger partial charge < -0.3 is 5.73 Å². The molecule has 1 aromatic carbocycles. The molecular weight excluding hydrogens is 178 g/mol. The van der Waals surface area contributed by atoms with Crippen LogP contribution in [0.5, 0.6) is 0 Å². The van der Waals surface area contributed by atoms with Gasteiger partial charge in [0, 0.05) is 5.69 Å². The van der Waals surface area contributed by atoms with Crippen LogP contribution in [-0.2, 0) is 4.79 Å². The second kappa shape index (κ2) is 3.21. The van der Waals surface area contributed by atoms with Gasteiger partial charge >= 0.3 is 0 Å². The Morgan fingerprint density at radius 3 is 2.93 bits per heavy atom. The van der Waals surface area contributed by atoms with Crippen LogP contribution in [0, 0.1) is 0 Å². The number of benzene rings is 1. The molecule has 0 aliphatic carbocycles. The molecule has 2 rings (SSSR count). The van der Waals surface area contributed by atoms with E-state index < -0.39 is 0 Å². The minimum atomic E-state index is 0.0555. The van der Waals surface area contributed by atoms with Crippen LogP contribution in [0.25, 0.3) is 0 Å². The van der Waals surface area contributed by atoms with Gasteiger partial charge in [0.1, 0.15) is 0 Å². The molecule has 0 radical (unpaired) electrons. The Morgan fingerprint density at radius 1 is 1.57 bits per heavy atom. The van der Waals surface area contributed by atoms with Gasteiger partial charge in [-0.1, -0.05) is 6.07 Å². The molecule has 0 saturated carbocycles. The Labute approximate surface area is 82.7 Å². The first kappa shape index (κ1) is 8.87. The summed E-state index contributed by atoms with van der Waals surface area (Å²) in [5.74, 6) is 0.0555. The maximum Gasteiger partial charge on any atom is 0.240 e. The Bertz CT molecular complexity index is 364. The molecule has 1 unspecified atom stereocenters. The average molecular weight is 191 g/mol. The normalized spacial score (nSPS) is 21.1. The SMILES string of the molecule is CC1CC(=O)NN1c1cccc(N)c1. The molecule has 1 atom stereocenters. The van der Waals surface area contributed by atoms with Crippen LogP contribution < -0.4 is 16.2 Å². The highest BCUT2D eigenvalue weighted by molar-refractivity contribution is 5.82. The van der Waals surface area contributed by atoms with Crippen LogP contribution in [-0.4, -0.2) is 11.9 Å². The number of carbonyl (C=O) groups is 1.